The molecule has 2 rings (SSSR count). The Labute approximate surface area is 106 Å². The SMILES string of the molecule is CC(C)C(=O)C1CCC2(CC1)CCN(C)CC2. The summed E-state index contributed by atoms with van der Waals surface area (Å²) >= 11 is 0. The summed E-state index contributed by atoms with van der Waals surface area (Å²) in [6.45, 7) is 6.59. The Kier molecular flexibility index (Phi) is 3.92. The molecule has 0 aromatic heterocycles. The number of Topliss-reactive ketones (excluding diaryl/α,β-unsaturated/α-hetero) is 1. The normalized spacial score (nSPS) is 26.6. The molecule has 2 heteroatoms. The van der Waals surface area contributed by atoms with Gasteiger partial charge in [0, 0.05) is 11.8 Å². The van der Waals surface area contributed by atoms with Crippen molar-refractivity contribution < 1.29 is 4.79 Å². The summed E-state index contributed by atoms with van der Waals surface area (Å²) in [6, 6.07) is 0. The summed E-state index contributed by atoms with van der Waals surface area (Å²) < 4.78 is 0. The number of nitrogens with zero attached hydrogens (tertiary/aromatic N) is 1. The maximum atomic E-state index is 12.0. The molecule has 0 aromatic rings. The number of carbonyl (C=O) groups excluding carboxylic acids is 1. The number of piperidine rings is 1. The van der Waals surface area contributed by atoms with Crippen molar-refractivity contribution in [1.29, 1.82) is 0 Å². The largest absolute Gasteiger partial charge is 0.306 e. The molecule has 0 aromatic carbocycles. The Morgan fingerprint density at radius 1 is 1.12 bits per heavy atom. The van der Waals surface area contributed by atoms with Gasteiger partial charge in [-0.3, -0.25) is 4.79 Å². The van der Waals surface area contributed by atoms with E-state index in [9.17, 15) is 4.79 Å². The first-order chi connectivity index (χ1) is 8.02. The molecule has 0 N–H and O–H groups in total. The van der Waals surface area contributed by atoms with E-state index in [-0.39, 0.29) is 5.92 Å². The van der Waals surface area contributed by atoms with Crippen molar-refractivity contribution in [3.8, 4) is 0 Å². The quantitative estimate of drug-likeness (QED) is 0.735. The van der Waals surface area contributed by atoms with Gasteiger partial charge >= 0.3 is 0 Å². The van der Waals surface area contributed by atoms with Crippen molar-refractivity contribution in [2.75, 3.05) is 20.1 Å². The fourth-order valence-electron chi connectivity index (χ4n) is 3.58. The maximum absolute atomic E-state index is 12.0. The second-order valence-corrected chi connectivity index (χ2v) is 6.63. The summed E-state index contributed by atoms with van der Waals surface area (Å²) in [7, 11) is 2.22. The average Bonchev–Trinajstić information content (AvgIpc) is 2.33. The third-order valence-corrected chi connectivity index (χ3v) is 5.07. The van der Waals surface area contributed by atoms with Gasteiger partial charge in [0.2, 0.25) is 0 Å². The number of likely N-dealkylation sites (tertiary alicyclic amines) is 1. The zero-order valence-electron chi connectivity index (χ0n) is 11.7. The third kappa shape index (κ3) is 2.90. The third-order valence-electron chi connectivity index (χ3n) is 5.07. The van der Waals surface area contributed by atoms with Crippen LogP contribution in [0.5, 0.6) is 0 Å². The predicted octanol–water partition coefficient (Wildman–Crippen LogP) is 3.11. The number of ketones is 1. The average molecular weight is 237 g/mol. The number of hydrogen-bond donors (Lipinski definition) is 0. The van der Waals surface area contributed by atoms with Crippen LogP contribution in [0.4, 0.5) is 0 Å². The molecule has 2 aliphatic rings. The van der Waals surface area contributed by atoms with E-state index in [0.29, 0.717) is 17.1 Å². The van der Waals surface area contributed by atoms with Crippen molar-refractivity contribution in [2.24, 2.45) is 17.3 Å². The van der Waals surface area contributed by atoms with E-state index >= 15 is 0 Å². The van der Waals surface area contributed by atoms with Crippen LogP contribution in [-0.4, -0.2) is 30.8 Å². The first-order valence-corrected chi connectivity index (χ1v) is 7.25. The van der Waals surface area contributed by atoms with Crippen LogP contribution in [0.1, 0.15) is 52.4 Å². The summed E-state index contributed by atoms with van der Waals surface area (Å²) in [6.07, 6.45) is 7.60. The van der Waals surface area contributed by atoms with Gasteiger partial charge < -0.3 is 4.90 Å². The lowest BCUT2D eigenvalue weighted by molar-refractivity contribution is -0.127. The fraction of sp³-hybridized carbons (Fsp3) is 0.933. The highest BCUT2D eigenvalue weighted by Crippen LogP contribution is 2.46. The standard InChI is InChI=1S/C15H27NO/c1-12(2)14(17)13-4-6-15(7-5-13)8-10-16(3)11-9-15/h12-13H,4-11H2,1-3H3. The van der Waals surface area contributed by atoms with Crippen molar-refractivity contribution in [3.63, 3.8) is 0 Å². The van der Waals surface area contributed by atoms with E-state index in [1.54, 1.807) is 0 Å². The van der Waals surface area contributed by atoms with Gasteiger partial charge in [0.25, 0.3) is 0 Å². The molecule has 1 aliphatic heterocycles. The Bertz CT molecular complexity index is 267. The lowest BCUT2D eigenvalue weighted by atomic mass is 9.64. The first kappa shape index (κ1) is 13.1. The zero-order chi connectivity index (χ0) is 12.5. The molecular weight excluding hydrogens is 210 g/mol. The molecular formula is C15H27NO. The van der Waals surface area contributed by atoms with Crippen molar-refractivity contribution in [2.45, 2.75) is 52.4 Å². The number of rotatable bonds is 2. The maximum Gasteiger partial charge on any atom is 0.138 e. The van der Waals surface area contributed by atoms with E-state index in [0.717, 1.165) is 12.8 Å². The Morgan fingerprint density at radius 3 is 2.12 bits per heavy atom. The fourth-order valence-corrected chi connectivity index (χ4v) is 3.58. The Balaban J connectivity index is 1.87. The Morgan fingerprint density at radius 2 is 1.65 bits per heavy atom. The predicted molar refractivity (Wildman–Crippen MR) is 71.0 cm³/mol. The molecule has 1 saturated heterocycles. The van der Waals surface area contributed by atoms with Crippen LogP contribution in [0.25, 0.3) is 0 Å². The lowest BCUT2D eigenvalue weighted by Gasteiger charge is -2.45. The van der Waals surface area contributed by atoms with Crippen LogP contribution in [0.15, 0.2) is 0 Å². The molecule has 98 valence electrons. The molecule has 1 heterocycles. The molecule has 17 heavy (non-hydrogen) atoms. The van der Waals surface area contributed by atoms with E-state index in [2.05, 4.69) is 11.9 Å². The minimum atomic E-state index is 0.228. The summed E-state index contributed by atoms with van der Waals surface area (Å²) in [5.41, 5.74) is 0.597. The van der Waals surface area contributed by atoms with E-state index < -0.39 is 0 Å². The van der Waals surface area contributed by atoms with Crippen LogP contribution in [0, 0.1) is 17.3 Å². The van der Waals surface area contributed by atoms with Crippen molar-refractivity contribution in [3.05, 3.63) is 0 Å². The molecule has 0 atom stereocenters. The molecule has 0 amide bonds. The van der Waals surface area contributed by atoms with Gasteiger partial charge in [0.05, 0.1) is 0 Å². The van der Waals surface area contributed by atoms with Crippen LogP contribution in [-0.2, 0) is 4.79 Å². The lowest BCUT2D eigenvalue weighted by Crippen LogP contribution is -2.41. The van der Waals surface area contributed by atoms with Crippen molar-refractivity contribution >= 4 is 5.78 Å². The van der Waals surface area contributed by atoms with Crippen LogP contribution in [0.2, 0.25) is 0 Å². The van der Waals surface area contributed by atoms with E-state index in [4.69, 9.17) is 0 Å². The highest BCUT2D eigenvalue weighted by atomic mass is 16.1. The van der Waals surface area contributed by atoms with Gasteiger partial charge in [-0.2, -0.15) is 0 Å². The molecule has 0 unspecified atom stereocenters. The molecule has 1 spiro atoms. The second kappa shape index (κ2) is 5.09. The molecule has 0 radical (unpaired) electrons. The summed E-state index contributed by atoms with van der Waals surface area (Å²) in [5.74, 6) is 1.11. The first-order valence-electron chi connectivity index (χ1n) is 7.25. The Hall–Kier alpha value is -0.370. The number of hydrogen-bond acceptors (Lipinski definition) is 2. The smallest absolute Gasteiger partial charge is 0.138 e. The molecule has 2 fully saturated rings. The monoisotopic (exact) mass is 237 g/mol. The van der Waals surface area contributed by atoms with Gasteiger partial charge in [0.1, 0.15) is 5.78 Å². The molecule has 2 nitrogen and oxygen atoms in total. The molecule has 1 saturated carbocycles. The van der Waals surface area contributed by atoms with Crippen LogP contribution < -0.4 is 0 Å². The highest BCUT2D eigenvalue weighted by Gasteiger charge is 2.39. The minimum Gasteiger partial charge on any atom is -0.306 e. The van der Waals surface area contributed by atoms with Gasteiger partial charge in [-0.1, -0.05) is 13.8 Å². The van der Waals surface area contributed by atoms with Gasteiger partial charge in [-0.05, 0) is 64.1 Å². The second-order valence-electron chi connectivity index (χ2n) is 6.63. The topological polar surface area (TPSA) is 20.3 Å². The van der Waals surface area contributed by atoms with E-state index in [1.165, 1.54) is 38.8 Å². The van der Waals surface area contributed by atoms with Gasteiger partial charge in [-0.25, -0.2) is 0 Å². The van der Waals surface area contributed by atoms with Gasteiger partial charge in [-0.15, -0.1) is 0 Å². The molecule has 1 aliphatic carbocycles. The highest BCUT2D eigenvalue weighted by molar-refractivity contribution is 5.82. The summed E-state index contributed by atoms with van der Waals surface area (Å²) in [5, 5.41) is 0. The van der Waals surface area contributed by atoms with E-state index in [1.807, 2.05) is 13.8 Å². The zero-order valence-corrected chi connectivity index (χ0v) is 11.7. The minimum absolute atomic E-state index is 0.228. The van der Waals surface area contributed by atoms with Crippen LogP contribution in [0.3, 0.4) is 0 Å². The number of carbonyl (C=O) groups is 1. The molecule has 0 bridgehead atoms. The van der Waals surface area contributed by atoms with Gasteiger partial charge in [0.15, 0.2) is 0 Å². The summed E-state index contributed by atoms with van der Waals surface area (Å²) in [4.78, 5) is 14.5. The van der Waals surface area contributed by atoms with Crippen LogP contribution >= 0.6 is 0 Å². The van der Waals surface area contributed by atoms with Crippen molar-refractivity contribution in [1.82, 2.24) is 4.90 Å².